The molecule has 0 rings (SSSR count). The maximum atomic E-state index is 11.7. The lowest BCUT2D eigenvalue weighted by Crippen LogP contribution is -2.41. The molecule has 6 heteroatoms. The van der Waals surface area contributed by atoms with Gasteiger partial charge in [-0.15, -0.1) is 0 Å². The largest absolute Gasteiger partial charge is 0.390 e. The van der Waals surface area contributed by atoms with Gasteiger partial charge in [0, 0.05) is 6.54 Å². The third-order valence-electron chi connectivity index (χ3n) is 1.64. The fourth-order valence-electron chi connectivity index (χ4n) is 0.901. The van der Waals surface area contributed by atoms with Crippen LogP contribution >= 0.6 is 0 Å². The van der Waals surface area contributed by atoms with Crippen LogP contribution < -0.4 is 11.1 Å². The normalized spacial score (nSPS) is 13.8. The van der Waals surface area contributed by atoms with Gasteiger partial charge in [0.15, 0.2) is 0 Å². The first kappa shape index (κ1) is 13.2. The number of alkyl halides is 3. The highest BCUT2D eigenvalue weighted by molar-refractivity contribution is 5.81. The van der Waals surface area contributed by atoms with Gasteiger partial charge in [-0.3, -0.25) is 4.79 Å². The molecular formula is C8H15F3N2O. The molecular weight excluding hydrogens is 197 g/mol. The first-order valence-corrected chi connectivity index (χ1v) is 4.47. The van der Waals surface area contributed by atoms with Crippen molar-refractivity contribution in [1.82, 2.24) is 5.32 Å². The van der Waals surface area contributed by atoms with Crippen LogP contribution in [-0.4, -0.2) is 24.7 Å². The Balaban J connectivity index is 3.64. The molecule has 0 saturated heterocycles. The van der Waals surface area contributed by atoms with E-state index in [1.54, 1.807) is 0 Å². The first-order valence-electron chi connectivity index (χ1n) is 4.47. The topological polar surface area (TPSA) is 55.1 Å². The lowest BCUT2D eigenvalue weighted by molar-refractivity contribution is -0.135. The third kappa shape index (κ3) is 6.71. The number of halogens is 3. The predicted molar refractivity (Wildman–Crippen MR) is 46.6 cm³/mol. The van der Waals surface area contributed by atoms with Crippen LogP contribution in [0, 0.1) is 0 Å². The fourth-order valence-corrected chi connectivity index (χ4v) is 0.901. The van der Waals surface area contributed by atoms with Crippen molar-refractivity contribution >= 4 is 5.91 Å². The van der Waals surface area contributed by atoms with Crippen molar-refractivity contribution in [1.29, 1.82) is 0 Å². The second-order valence-corrected chi connectivity index (χ2v) is 3.05. The zero-order valence-corrected chi connectivity index (χ0v) is 8.03. The summed E-state index contributed by atoms with van der Waals surface area (Å²) in [5.74, 6) is -0.517. The van der Waals surface area contributed by atoms with Gasteiger partial charge in [-0.2, -0.15) is 13.2 Å². The summed E-state index contributed by atoms with van der Waals surface area (Å²) in [6, 6.07) is -0.701. The molecule has 0 radical (unpaired) electrons. The summed E-state index contributed by atoms with van der Waals surface area (Å²) >= 11 is 0. The molecule has 0 aliphatic carbocycles. The second kappa shape index (κ2) is 5.85. The Morgan fingerprint density at radius 1 is 1.50 bits per heavy atom. The van der Waals surface area contributed by atoms with E-state index in [9.17, 15) is 18.0 Å². The minimum atomic E-state index is -4.23. The molecule has 0 aliphatic rings. The van der Waals surface area contributed by atoms with Crippen molar-refractivity contribution < 1.29 is 18.0 Å². The Kier molecular flexibility index (Phi) is 5.52. The fraction of sp³-hybridized carbons (Fsp3) is 0.875. The number of amides is 1. The van der Waals surface area contributed by atoms with Gasteiger partial charge in [-0.1, -0.05) is 13.3 Å². The molecule has 0 fully saturated rings. The summed E-state index contributed by atoms with van der Waals surface area (Å²) in [5.41, 5.74) is 5.38. The Labute approximate surface area is 80.8 Å². The van der Waals surface area contributed by atoms with Crippen molar-refractivity contribution in [2.24, 2.45) is 5.73 Å². The van der Waals surface area contributed by atoms with E-state index in [4.69, 9.17) is 5.73 Å². The first-order chi connectivity index (χ1) is 6.37. The molecule has 0 unspecified atom stereocenters. The minimum Gasteiger partial charge on any atom is -0.354 e. The van der Waals surface area contributed by atoms with E-state index >= 15 is 0 Å². The Bertz CT molecular complexity index is 182. The SMILES string of the molecule is CCC[C@@H](N)C(=O)NCCC(F)(F)F. The van der Waals surface area contributed by atoms with Gasteiger partial charge in [-0.25, -0.2) is 0 Å². The van der Waals surface area contributed by atoms with E-state index in [-0.39, 0.29) is 0 Å². The monoisotopic (exact) mass is 212 g/mol. The molecule has 1 atom stereocenters. The number of hydrogen-bond acceptors (Lipinski definition) is 2. The summed E-state index contributed by atoms with van der Waals surface area (Å²) in [7, 11) is 0. The zero-order valence-electron chi connectivity index (χ0n) is 8.03. The second-order valence-electron chi connectivity index (χ2n) is 3.05. The van der Waals surface area contributed by atoms with Crippen LogP contribution in [-0.2, 0) is 4.79 Å². The van der Waals surface area contributed by atoms with Crippen LogP contribution in [0.25, 0.3) is 0 Å². The molecule has 0 aromatic carbocycles. The van der Waals surface area contributed by atoms with Gasteiger partial charge in [0.1, 0.15) is 0 Å². The van der Waals surface area contributed by atoms with E-state index in [0.29, 0.717) is 6.42 Å². The quantitative estimate of drug-likeness (QED) is 0.719. The standard InChI is InChI=1S/C8H15F3N2O/c1-2-3-6(12)7(14)13-5-4-8(9,10)11/h6H,2-5,12H2,1H3,(H,13,14)/t6-/m1/s1. The number of rotatable bonds is 5. The minimum absolute atomic E-state index is 0.403. The van der Waals surface area contributed by atoms with E-state index < -0.39 is 31.1 Å². The number of carbonyl (C=O) groups is 1. The summed E-state index contributed by atoms with van der Waals surface area (Å²) in [4.78, 5) is 11.0. The van der Waals surface area contributed by atoms with Crippen LogP contribution in [0.4, 0.5) is 13.2 Å². The van der Waals surface area contributed by atoms with Crippen molar-refractivity contribution in [2.45, 2.75) is 38.4 Å². The summed E-state index contributed by atoms with van der Waals surface area (Å²) in [6.07, 6.45) is -4.04. The van der Waals surface area contributed by atoms with Crippen molar-refractivity contribution in [3.63, 3.8) is 0 Å². The molecule has 0 aliphatic heterocycles. The third-order valence-corrected chi connectivity index (χ3v) is 1.64. The van der Waals surface area contributed by atoms with E-state index in [0.717, 1.165) is 6.42 Å². The number of hydrogen-bond donors (Lipinski definition) is 2. The average molecular weight is 212 g/mol. The van der Waals surface area contributed by atoms with Gasteiger partial charge in [0.25, 0.3) is 0 Å². The van der Waals surface area contributed by atoms with Gasteiger partial charge in [0.2, 0.25) is 5.91 Å². The molecule has 0 bridgehead atoms. The van der Waals surface area contributed by atoms with Crippen molar-refractivity contribution in [3.8, 4) is 0 Å². The van der Waals surface area contributed by atoms with E-state index in [1.165, 1.54) is 0 Å². The molecule has 3 N–H and O–H groups in total. The highest BCUT2D eigenvalue weighted by Crippen LogP contribution is 2.18. The zero-order chi connectivity index (χ0) is 11.2. The molecule has 3 nitrogen and oxygen atoms in total. The number of carbonyl (C=O) groups excluding carboxylic acids is 1. The average Bonchev–Trinajstić information content (AvgIpc) is 2.02. The Hall–Kier alpha value is -0.780. The highest BCUT2D eigenvalue weighted by atomic mass is 19.4. The maximum Gasteiger partial charge on any atom is 0.390 e. The summed E-state index contributed by atoms with van der Waals surface area (Å²) in [6.45, 7) is 1.45. The van der Waals surface area contributed by atoms with E-state index in [1.807, 2.05) is 6.92 Å². The summed E-state index contributed by atoms with van der Waals surface area (Å²) < 4.78 is 35.0. The van der Waals surface area contributed by atoms with Crippen LogP contribution in [0.5, 0.6) is 0 Å². The van der Waals surface area contributed by atoms with Gasteiger partial charge in [0.05, 0.1) is 12.5 Å². The Morgan fingerprint density at radius 3 is 2.50 bits per heavy atom. The van der Waals surface area contributed by atoms with Crippen LogP contribution in [0.15, 0.2) is 0 Å². The molecule has 0 spiro atoms. The molecule has 0 aromatic heterocycles. The molecule has 0 heterocycles. The smallest absolute Gasteiger partial charge is 0.354 e. The van der Waals surface area contributed by atoms with E-state index in [2.05, 4.69) is 5.32 Å². The van der Waals surface area contributed by atoms with Crippen LogP contribution in [0.3, 0.4) is 0 Å². The Morgan fingerprint density at radius 2 is 2.07 bits per heavy atom. The number of nitrogens with one attached hydrogen (secondary N) is 1. The van der Waals surface area contributed by atoms with Crippen molar-refractivity contribution in [3.05, 3.63) is 0 Å². The van der Waals surface area contributed by atoms with Gasteiger partial charge >= 0.3 is 6.18 Å². The molecule has 1 amide bonds. The van der Waals surface area contributed by atoms with Gasteiger partial charge < -0.3 is 11.1 Å². The number of nitrogens with two attached hydrogens (primary N) is 1. The maximum absolute atomic E-state index is 11.7. The lowest BCUT2D eigenvalue weighted by Gasteiger charge is -2.11. The predicted octanol–water partition coefficient (Wildman–Crippen LogP) is 1.18. The van der Waals surface area contributed by atoms with Gasteiger partial charge in [-0.05, 0) is 6.42 Å². The molecule has 0 aromatic rings. The molecule has 0 saturated carbocycles. The van der Waals surface area contributed by atoms with Crippen molar-refractivity contribution in [2.75, 3.05) is 6.54 Å². The highest BCUT2D eigenvalue weighted by Gasteiger charge is 2.26. The lowest BCUT2D eigenvalue weighted by atomic mass is 10.2. The van der Waals surface area contributed by atoms with Crippen LogP contribution in [0.2, 0.25) is 0 Å². The van der Waals surface area contributed by atoms with Crippen LogP contribution in [0.1, 0.15) is 26.2 Å². The molecule has 14 heavy (non-hydrogen) atoms. The molecule has 84 valence electrons. The summed E-state index contributed by atoms with van der Waals surface area (Å²) in [5, 5.41) is 2.14.